The van der Waals surface area contributed by atoms with Crippen molar-refractivity contribution >= 4 is 5.91 Å². The molecule has 0 spiro atoms. The number of nitrogens with two attached hydrogens (primary N) is 1. The molecule has 0 saturated carbocycles. The molecule has 20 heavy (non-hydrogen) atoms. The maximum Gasteiger partial charge on any atom is 0.271 e. The lowest BCUT2D eigenvalue weighted by Gasteiger charge is -2.32. The van der Waals surface area contributed by atoms with Gasteiger partial charge in [0, 0.05) is 58.6 Å². The standard InChI is InChI=1S/C13H24N6O/c1-17-6-8-18(9-7-17)5-3-15-13(20)12-10-19(4-2-14)11-16-12/h10-11H,2-9,14H2,1H3,(H,15,20). The summed E-state index contributed by atoms with van der Waals surface area (Å²) in [7, 11) is 2.14. The number of amides is 1. The highest BCUT2D eigenvalue weighted by molar-refractivity contribution is 5.91. The molecule has 0 unspecified atom stereocenters. The van der Waals surface area contributed by atoms with E-state index in [2.05, 4.69) is 27.1 Å². The van der Waals surface area contributed by atoms with Crippen LogP contribution in [0.1, 0.15) is 10.5 Å². The second kappa shape index (κ2) is 7.37. The number of likely N-dealkylation sites (N-methyl/N-ethyl adjacent to an activating group) is 1. The van der Waals surface area contributed by atoms with E-state index in [-0.39, 0.29) is 5.91 Å². The van der Waals surface area contributed by atoms with Gasteiger partial charge in [0.2, 0.25) is 0 Å². The first-order chi connectivity index (χ1) is 9.69. The van der Waals surface area contributed by atoms with Crippen molar-refractivity contribution in [3.63, 3.8) is 0 Å². The summed E-state index contributed by atoms with van der Waals surface area (Å²) < 4.78 is 1.83. The number of nitrogens with one attached hydrogen (secondary N) is 1. The van der Waals surface area contributed by atoms with Crippen molar-refractivity contribution in [2.24, 2.45) is 5.73 Å². The second-order valence-corrected chi connectivity index (χ2v) is 5.19. The maximum atomic E-state index is 11.9. The molecule has 1 aromatic heterocycles. The van der Waals surface area contributed by atoms with Gasteiger partial charge in [-0.2, -0.15) is 0 Å². The summed E-state index contributed by atoms with van der Waals surface area (Å²) in [5.74, 6) is -0.116. The minimum absolute atomic E-state index is 0.116. The van der Waals surface area contributed by atoms with Gasteiger partial charge >= 0.3 is 0 Å². The molecule has 0 aliphatic carbocycles. The zero-order valence-corrected chi connectivity index (χ0v) is 12.1. The molecule has 7 nitrogen and oxygen atoms in total. The van der Waals surface area contributed by atoms with E-state index in [1.807, 2.05) is 4.57 Å². The average Bonchev–Trinajstić information content (AvgIpc) is 2.90. The Morgan fingerprint density at radius 2 is 2.10 bits per heavy atom. The topological polar surface area (TPSA) is 79.4 Å². The number of rotatable bonds is 6. The average molecular weight is 280 g/mol. The monoisotopic (exact) mass is 280 g/mol. The van der Waals surface area contributed by atoms with E-state index in [0.717, 1.165) is 32.7 Å². The summed E-state index contributed by atoms with van der Waals surface area (Å²) in [5, 5.41) is 2.91. The fourth-order valence-electron chi connectivity index (χ4n) is 2.24. The number of carbonyl (C=O) groups excluding carboxylic acids is 1. The van der Waals surface area contributed by atoms with Crippen molar-refractivity contribution < 1.29 is 4.79 Å². The van der Waals surface area contributed by atoms with Crippen LogP contribution < -0.4 is 11.1 Å². The van der Waals surface area contributed by atoms with Crippen LogP contribution >= 0.6 is 0 Å². The van der Waals surface area contributed by atoms with Gasteiger partial charge in [0.15, 0.2) is 0 Å². The lowest BCUT2D eigenvalue weighted by molar-refractivity contribution is 0.0936. The molecule has 1 aliphatic heterocycles. The van der Waals surface area contributed by atoms with Gasteiger partial charge < -0.3 is 20.5 Å². The molecule has 1 fully saturated rings. The van der Waals surface area contributed by atoms with E-state index in [4.69, 9.17) is 5.73 Å². The molecular weight excluding hydrogens is 256 g/mol. The van der Waals surface area contributed by atoms with Gasteiger partial charge in [-0.1, -0.05) is 0 Å². The predicted molar refractivity (Wildman–Crippen MR) is 77.6 cm³/mol. The molecule has 1 aliphatic rings. The van der Waals surface area contributed by atoms with E-state index < -0.39 is 0 Å². The summed E-state index contributed by atoms with van der Waals surface area (Å²) >= 11 is 0. The lowest BCUT2D eigenvalue weighted by Crippen LogP contribution is -2.46. The van der Waals surface area contributed by atoms with Gasteiger partial charge in [-0.05, 0) is 7.05 Å². The van der Waals surface area contributed by atoms with Gasteiger partial charge in [0.25, 0.3) is 5.91 Å². The smallest absolute Gasteiger partial charge is 0.271 e. The second-order valence-electron chi connectivity index (χ2n) is 5.19. The van der Waals surface area contributed by atoms with Crippen LogP contribution in [0.4, 0.5) is 0 Å². The Kier molecular flexibility index (Phi) is 5.51. The van der Waals surface area contributed by atoms with Crippen molar-refractivity contribution in [3.8, 4) is 0 Å². The highest BCUT2D eigenvalue weighted by Gasteiger charge is 2.14. The van der Waals surface area contributed by atoms with Crippen LogP contribution in [0.15, 0.2) is 12.5 Å². The quantitative estimate of drug-likeness (QED) is 0.686. The minimum atomic E-state index is -0.116. The molecule has 3 N–H and O–H groups in total. The molecule has 2 rings (SSSR count). The van der Waals surface area contributed by atoms with Gasteiger partial charge in [0.1, 0.15) is 5.69 Å². The highest BCUT2D eigenvalue weighted by Crippen LogP contribution is 1.98. The third-order valence-corrected chi connectivity index (χ3v) is 3.56. The van der Waals surface area contributed by atoms with Gasteiger partial charge in [0.05, 0.1) is 6.33 Å². The number of hydrogen-bond donors (Lipinski definition) is 2. The number of piperazine rings is 1. The van der Waals surface area contributed by atoms with E-state index in [9.17, 15) is 4.79 Å². The SMILES string of the molecule is CN1CCN(CCNC(=O)c2cn(CCN)cn2)CC1. The highest BCUT2D eigenvalue weighted by atomic mass is 16.1. The van der Waals surface area contributed by atoms with E-state index in [1.165, 1.54) is 0 Å². The molecule has 7 heteroatoms. The van der Waals surface area contributed by atoms with Gasteiger partial charge in [-0.3, -0.25) is 9.69 Å². The first-order valence-electron chi connectivity index (χ1n) is 7.10. The number of nitrogens with zero attached hydrogens (tertiary/aromatic N) is 4. The molecule has 1 aromatic rings. The fourth-order valence-corrected chi connectivity index (χ4v) is 2.24. The molecule has 0 bridgehead atoms. The molecular formula is C13H24N6O. The van der Waals surface area contributed by atoms with E-state index in [0.29, 0.717) is 25.3 Å². The van der Waals surface area contributed by atoms with Crippen LogP contribution in [0, 0.1) is 0 Å². The molecule has 0 atom stereocenters. The third-order valence-electron chi connectivity index (χ3n) is 3.56. The summed E-state index contributed by atoms with van der Waals surface area (Å²) in [6.45, 7) is 7.10. The maximum absolute atomic E-state index is 11.9. The molecule has 0 aromatic carbocycles. The summed E-state index contributed by atoms with van der Waals surface area (Å²) in [4.78, 5) is 20.7. The Hall–Kier alpha value is -1.44. The molecule has 1 amide bonds. The van der Waals surface area contributed by atoms with E-state index >= 15 is 0 Å². The van der Waals surface area contributed by atoms with Crippen molar-refractivity contribution in [3.05, 3.63) is 18.2 Å². The largest absolute Gasteiger partial charge is 0.349 e. The molecule has 1 saturated heterocycles. The van der Waals surface area contributed by atoms with Crippen LogP contribution in [0.5, 0.6) is 0 Å². The molecule has 2 heterocycles. The third kappa shape index (κ3) is 4.29. The van der Waals surface area contributed by atoms with Crippen LogP contribution in [-0.4, -0.2) is 78.1 Å². The Balaban J connectivity index is 1.69. The number of carbonyl (C=O) groups is 1. The Labute approximate surface area is 119 Å². The zero-order valence-electron chi connectivity index (χ0n) is 12.1. The Morgan fingerprint density at radius 3 is 2.80 bits per heavy atom. The van der Waals surface area contributed by atoms with Gasteiger partial charge in [-0.25, -0.2) is 4.98 Å². The van der Waals surface area contributed by atoms with Crippen LogP contribution in [0.2, 0.25) is 0 Å². The number of imidazole rings is 1. The molecule has 112 valence electrons. The van der Waals surface area contributed by atoms with Crippen LogP contribution in [0.3, 0.4) is 0 Å². The predicted octanol–water partition coefficient (Wildman–Crippen LogP) is -1.18. The lowest BCUT2D eigenvalue weighted by atomic mass is 10.3. The van der Waals surface area contributed by atoms with Crippen LogP contribution in [-0.2, 0) is 6.54 Å². The Bertz CT molecular complexity index is 424. The normalized spacial score (nSPS) is 17.3. The minimum Gasteiger partial charge on any atom is -0.349 e. The number of aromatic nitrogens is 2. The van der Waals surface area contributed by atoms with Crippen molar-refractivity contribution in [1.29, 1.82) is 0 Å². The van der Waals surface area contributed by atoms with E-state index in [1.54, 1.807) is 12.5 Å². The fraction of sp³-hybridized carbons (Fsp3) is 0.692. The first-order valence-corrected chi connectivity index (χ1v) is 7.10. The van der Waals surface area contributed by atoms with Crippen molar-refractivity contribution in [2.45, 2.75) is 6.54 Å². The molecule has 0 radical (unpaired) electrons. The Morgan fingerprint density at radius 1 is 1.35 bits per heavy atom. The van der Waals surface area contributed by atoms with Gasteiger partial charge in [-0.15, -0.1) is 0 Å². The number of hydrogen-bond acceptors (Lipinski definition) is 5. The van der Waals surface area contributed by atoms with Crippen molar-refractivity contribution in [1.82, 2.24) is 24.7 Å². The summed E-state index contributed by atoms with van der Waals surface area (Å²) in [6, 6.07) is 0. The summed E-state index contributed by atoms with van der Waals surface area (Å²) in [5.41, 5.74) is 5.92. The van der Waals surface area contributed by atoms with Crippen molar-refractivity contribution in [2.75, 3.05) is 52.9 Å². The van der Waals surface area contributed by atoms with Crippen LogP contribution in [0.25, 0.3) is 0 Å². The first kappa shape index (κ1) is 15.0. The summed E-state index contributed by atoms with van der Waals surface area (Å²) in [6.07, 6.45) is 3.38. The zero-order chi connectivity index (χ0) is 14.4.